The normalized spacial score (nSPS) is 12.4. The van der Waals surface area contributed by atoms with E-state index in [2.05, 4.69) is 15.5 Å². The second-order valence-corrected chi connectivity index (χ2v) is 3.72. The molecule has 90 valence electrons. The molecular formula is C11H12F2N4. The van der Waals surface area contributed by atoms with E-state index in [9.17, 15) is 8.78 Å². The SMILES string of the molecule is CC(Nc1c(N)ccc(F)c1F)c1cn[nH]c1. The van der Waals surface area contributed by atoms with Crippen LogP contribution in [0.15, 0.2) is 24.5 Å². The monoisotopic (exact) mass is 238 g/mol. The van der Waals surface area contributed by atoms with Gasteiger partial charge in [0.15, 0.2) is 11.6 Å². The van der Waals surface area contributed by atoms with Crippen molar-refractivity contribution in [1.29, 1.82) is 0 Å². The fourth-order valence-electron chi connectivity index (χ4n) is 1.51. The number of hydrogen-bond acceptors (Lipinski definition) is 3. The Bertz CT molecular complexity index is 510. The second-order valence-electron chi connectivity index (χ2n) is 3.72. The minimum atomic E-state index is -0.972. The summed E-state index contributed by atoms with van der Waals surface area (Å²) in [6, 6.07) is 2.09. The van der Waals surface area contributed by atoms with Gasteiger partial charge in [-0.05, 0) is 19.1 Å². The molecule has 4 N–H and O–H groups in total. The van der Waals surface area contributed by atoms with Crippen molar-refractivity contribution in [3.05, 3.63) is 41.7 Å². The number of anilines is 2. The number of nitrogens with one attached hydrogen (secondary N) is 2. The predicted molar refractivity (Wildman–Crippen MR) is 61.4 cm³/mol. The van der Waals surface area contributed by atoms with Gasteiger partial charge in [0, 0.05) is 11.8 Å². The van der Waals surface area contributed by atoms with E-state index in [1.807, 2.05) is 0 Å². The zero-order valence-corrected chi connectivity index (χ0v) is 9.17. The minimum absolute atomic E-state index is 0.0290. The van der Waals surface area contributed by atoms with Gasteiger partial charge in [-0.15, -0.1) is 0 Å². The Balaban J connectivity index is 2.27. The first-order valence-electron chi connectivity index (χ1n) is 5.08. The first kappa shape index (κ1) is 11.4. The predicted octanol–water partition coefficient (Wildman–Crippen LogP) is 2.44. The summed E-state index contributed by atoms with van der Waals surface area (Å²) >= 11 is 0. The van der Waals surface area contributed by atoms with Crippen LogP contribution in [0.2, 0.25) is 0 Å². The zero-order valence-electron chi connectivity index (χ0n) is 9.17. The van der Waals surface area contributed by atoms with Crippen molar-refractivity contribution in [2.45, 2.75) is 13.0 Å². The van der Waals surface area contributed by atoms with Gasteiger partial charge in [-0.2, -0.15) is 5.10 Å². The number of nitrogens with zero attached hydrogens (tertiary/aromatic N) is 1. The van der Waals surface area contributed by atoms with E-state index in [-0.39, 0.29) is 17.4 Å². The van der Waals surface area contributed by atoms with Crippen LogP contribution in [0.3, 0.4) is 0 Å². The molecule has 4 nitrogen and oxygen atoms in total. The zero-order chi connectivity index (χ0) is 12.4. The molecule has 0 aliphatic carbocycles. The molecule has 0 spiro atoms. The van der Waals surface area contributed by atoms with Gasteiger partial charge in [0.1, 0.15) is 0 Å². The highest BCUT2D eigenvalue weighted by molar-refractivity contribution is 5.67. The van der Waals surface area contributed by atoms with Crippen molar-refractivity contribution < 1.29 is 8.78 Å². The maximum Gasteiger partial charge on any atom is 0.183 e. The topological polar surface area (TPSA) is 66.7 Å². The minimum Gasteiger partial charge on any atom is -0.397 e. The Morgan fingerprint density at radius 2 is 2.18 bits per heavy atom. The van der Waals surface area contributed by atoms with Crippen LogP contribution >= 0.6 is 0 Å². The molecule has 0 saturated heterocycles. The third-order valence-corrected chi connectivity index (χ3v) is 2.51. The maximum absolute atomic E-state index is 13.5. The molecule has 0 aliphatic rings. The molecule has 1 atom stereocenters. The van der Waals surface area contributed by atoms with Gasteiger partial charge in [0.25, 0.3) is 0 Å². The Hall–Kier alpha value is -2.11. The molecule has 6 heteroatoms. The lowest BCUT2D eigenvalue weighted by Crippen LogP contribution is -2.10. The van der Waals surface area contributed by atoms with Crippen molar-refractivity contribution in [3.8, 4) is 0 Å². The van der Waals surface area contributed by atoms with Gasteiger partial charge < -0.3 is 11.1 Å². The van der Waals surface area contributed by atoms with Crippen LogP contribution in [0, 0.1) is 11.6 Å². The highest BCUT2D eigenvalue weighted by atomic mass is 19.2. The van der Waals surface area contributed by atoms with E-state index in [1.54, 1.807) is 19.3 Å². The second kappa shape index (κ2) is 4.40. The maximum atomic E-state index is 13.5. The van der Waals surface area contributed by atoms with Gasteiger partial charge in [-0.3, -0.25) is 5.10 Å². The fourth-order valence-corrected chi connectivity index (χ4v) is 1.51. The van der Waals surface area contributed by atoms with E-state index < -0.39 is 11.6 Å². The highest BCUT2D eigenvalue weighted by Crippen LogP contribution is 2.28. The molecule has 1 unspecified atom stereocenters. The van der Waals surface area contributed by atoms with E-state index in [1.165, 1.54) is 6.07 Å². The van der Waals surface area contributed by atoms with Crippen LogP contribution in [0.4, 0.5) is 20.2 Å². The van der Waals surface area contributed by atoms with Crippen LogP contribution in [-0.4, -0.2) is 10.2 Å². The number of rotatable bonds is 3. The van der Waals surface area contributed by atoms with Crippen LogP contribution in [0.5, 0.6) is 0 Å². The summed E-state index contributed by atoms with van der Waals surface area (Å²) in [6.07, 6.45) is 3.27. The lowest BCUT2D eigenvalue weighted by Gasteiger charge is -2.16. The Morgan fingerprint density at radius 3 is 2.82 bits per heavy atom. The smallest absolute Gasteiger partial charge is 0.183 e. The molecule has 0 fully saturated rings. The average molecular weight is 238 g/mol. The van der Waals surface area contributed by atoms with E-state index in [0.29, 0.717) is 0 Å². The molecule has 0 amide bonds. The molecule has 2 aromatic rings. The molecule has 0 saturated carbocycles. The standard InChI is InChI=1S/C11H12F2N4/c1-6(7-4-15-16-5-7)17-11-9(14)3-2-8(12)10(11)13/h2-6,17H,14H2,1H3,(H,15,16). The lowest BCUT2D eigenvalue weighted by molar-refractivity contribution is 0.510. The molecule has 0 aliphatic heterocycles. The summed E-state index contributed by atoms with van der Waals surface area (Å²) in [5.41, 5.74) is 6.56. The third kappa shape index (κ3) is 2.20. The number of hydrogen-bond donors (Lipinski definition) is 3. The average Bonchev–Trinajstić information content (AvgIpc) is 2.83. The van der Waals surface area contributed by atoms with Gasteiger partial charge in [0.2, 0.25) is 0 Å². The van der Waals surface area contributed by atoms with Gasteiger partial charge >= 0.3 is 0 Å². The van der Waals surface area contributed by atoms with Crippen LogP contribution in [0.25, 0.3) is 0 Å². The fraction of sp³-hybridized carbons (Fsp3) is 0.182. The summed E-state index contributed by atoms with van der Waals surface area (Å²) in [6.45, 7) is 1.80. The quantitative estimate of drug-likeness (QED) is 0.719. The molecule has 0 bridgehead atoms. The van der Waals surface area contributed by atoms with E-state index in [0.717, 1.165) is 11.6 Å². The molecule has 2 rings (SSSR count). The molecule has 17 heavy (non-hydrogen) atoms. The van der Waals surface area contributed by atoms with Gasteiger partial charge in [-0.25, -0.2) is 8.78 Å². The third-order valence-electron chi connectivity index (χ3n) is 2.51. The summed E-state index contributed by atoms with van der Waals surface area (Å²) in [7, 11) is 0. The number of halogens is 2. The Morgan fingerprint density at radius 1 is 1.41 bits per heavy atom. The van der Waals surface area contributed by atoms with Gasteiger partial charge in [0.05, 0.1) is 23.6 Å². The molecular weight excluding hydrogens is 226 g/mol. The van der Waals surface area contributed by atoms with E-state index in [4.69, 9.17) is 5.73 Å². The number of aromatic amines is 1. The number of aromatic nitrogens is 2. The largest absolute Gasteiger partial charge is 0.397 e. The van der Waals surface area contributed by atoms with Crippen molar-refractivity contribution in [2.75, 3.05) is 11.1 Å². The lowest BCUT2D eigenvalue weighted by atomic mass is 10.1. The number of H-pyrrole nitrogens is 1. The van der Waals surface area contributed by atoms with Crippen molar-refractivity contribution in [2.24, 2.45) is 0 Å². The van der Waals surface area contributed by atoms with Crippen LogP contribution in [-0.2, 0) is 0 Å². The number of nitrogen functional groups attached to an aromatic ring is 1. The van der Waals surface area contributed by atoms with Crippen LogP contribution in [0.1, 0.15) is 18.5 Å². The Kier molecular flexibility index (Phi) is 2.95. The molecule has 1 aromatic heterocycles. The number of nitrogens with two attached hydrogens (primary N) is 1. The summed E-state index contributed by atoms with van der Waals surface area (Å²) < 4.78 is 26.6. The summed E-state index contributed by atoms with van der Waals surface area (Å²) in [5.74, 6) is -1.90. The van der Waals surface area contributed by atoms with Crippen molar-refractivity contribution >= 4 is 11.4 Å². The van der Waals surface area contributed by atoms with Gasteiger partial charge in [-0.1, -0.05) is 0 Å². The molecule has 0 radical (unpaired) electrons. The molecule has 1 aromatic carbocycles. The summed E-state index contributed by atoms with van der Waals surface area (Å²) in [4.78, 5) is 0. The summed E-state index contributed by atoms with van der Waals surface area (Å²) in [5, 5.41) is 9.25. The van der Waals surface area contributed by atoms with Crippen LogP contribution < -0.4 is 11.1 Å². The van der Waals surface area contributed by atoms with Crippen molar-refractivity contribution in [3.63, 3.8) is 0 Å². The highest BCUT2D eigenvalue weighted by Gasteiger charge is 2.15. The first-order valence-corrected chi connectivity index (χ1v) is 5.08. The van der Waals surface area contributed by atoms with E-state index >= 15 is 0 Å². The molecule has 1 heterocycles. The Labute approximate surface area is 96.8 Å². The van der Waals surface area contributed by atoms with Crippen molar-refractivity contribution in [1.82, 2.24) is 10.2 Å². The number of benzene rings is 1. The first-order chi connectivity index (χ1) is 8.09.